The zero-order valence-corrected chi connectivity index (χ0v) is 9.69. The van der Waals surface area contributed by atoms with Gasteiger partial charge in [-0.25, -0.2) is 4.79 Å². The number of aromatic nitrogens is 2. The summed E-state index contributed by atoms with van der Waals surface area (Å²) in [4.78, 5) is 31.7. The molecule has 0 aliphatic rings. The number of aliphatic carboxylic acids is 1. The van der Waals surface area contributed by atoms with E-state index in [4.69, 9.17) is 5.11 Å². The molecule has 0 aliphatic carbocycles. The van der Waals surface area contributed by atoms with E-state index in [-0.39, 0.29) is 12.0 Å². The average molecular weight is 257 g/mol. The Morgan fingerprint density at radius 2 is 2.28 bits per heavy atom. The summed E-state index contributed by atoms with van der Waals surface area (Å²) in [5.74, 6) is -2.62. The summed E-state index contributed by atoms with van der Waals surface area (Å²) in [7, 11) is 1.09. The van der Waals surface area contributed by atoms with Crippen molar-refractivity contribution >= 4 is 17.8 Å². The second kappa shape index (κ2) is 5.25. The number of carbonyl (C=O) groups is 2. The van der Waals surface area contributed by atoms with Gasteiger partial charge in [0.25, 0.3) is 0 Å². The van der Waals surface area contributed by atoms with Gasteiger partial charge in [0.15, 0.2) is 5.56 Å². The summed E-state index contributed by atoms with van der Waals surface area (Å²) in [5, 5.41) is 22.9. The average Bonchev–Trinajstić information content (AvgIpc) is 2.71. The first kappa shape index (κ1) is 13.6. The van der Waals surface area contributed by atoms with Crippen LogP contribution in [0.2, 0.25) is 0 Å². The number of rotatable bonds is 5. The minimum atomic E-state index is -1.07. The Balaban J connectivity index is 3.13. The molecule has 1 atom stereocenters. The zero-order chi connectivity index (χ0) is 13.9. The molecule has 1 heterocycles. The Labute approximate surface area is 101 Å². The first-order chi connectivity index (χ1) is 8.36. The number of hydrogen-bond acceptors (Lipinski definition) is 6. The minimum Gasteiger partial charge on any atom is -0.481 e. The van der Waals surface area contributed by atoms with E-state index in [1.807, 2.05) is 0 Å². The number of carboxylic acids is 1. The summed E-state index contributed by atoms with van der Waals surface area (Å²) in [5.41, 5.74) is -0.306. The molecule has 1 aromatic heterocycles. The quantitative estimate of drug-likeness (QED) is 0.465. The van der Waals surface area contributed by atoms with Crippen LogP contribution in [-0.4, -0.2) is 38.9 Å². The van der Waals surface area contributed by atoms with Crippen molar-refractivity contribution in [1.82, 2.24) is 9.78 Å². The van der Waals surface area contributed by atoms with E-state index in [1.54, 1.807) is 0 Å². The molecule has 0 aliphatic heterocycles. The van der Waals surface area contributed by atoms with Crippen molar-refractivity contribution in [1.29, 1.82) is 0 Å². The SMILES string of the molecule is COC(=O)c1cn([C@@H](C)CC(=O)O)nc1[N+](=O)[O-]. The van der Waals surface area contributed by atoms with E-state index in [9.17, 15) is 19.7 Å². The Kier molecular flexibility index (Phi) is 3.97. The van der Waals surface area contributed by atoms with E-state index in [2.05, 4.69) is 9.84 Å². The van der Waals surface area contributed by atoms with Gasteiger partial charge in [-0.3, -0.25) is 4.79 Å². The van der Waals surface area contributed by atoms with Crippen molar-refractivity contribution in [2.24, 2.45) is 0 Å². The van der Waals surface area contributed by atoms with Crippen LogP contribution >= 0.6 is 0 Å². The Bertz CT molecular complexity index is 494. The monoisotopic (exact) mass is 257 g/mol. The molecule has 9 nitrogen and oxygen atoms in total. The lowest BCUT2D eigenvalue weighted by atomic mass is 10.2. The second-order valence-electron chi connectivity index (χ2n) is 3.54. The van der Waals surface area contributed by atoms with E-state index >= 15 is 0 Å². The van der Waals surface area contributed by atoms with Crippen molar-refractivity contribution in [2.45, 2.75) is 19.4 Å². The van der Waals surface area contributed by atoms with Gasteiger partial charge in [0.1, 0.15) is 0 Å². The molecule has 1 aromatic rings. The van der Waals surface area contributed by atoms with Gasteiger partial charge in [0.05, 0.1) is 30.9 Å². The van der Waals surface area contributed by atoms with Crippen LogP contribution in [0.4, 0.5) is 5.82 Å². The van der Waals surface area contributed by atoms with Crippen LogP contribution in [0.3, 0.4) is 0 Å². The summed E-state index contributed by atoms with van der Waals surface area (Å²) >= 11 is 0. The molecular weight excluding hydrogens is 246 g/mol. The summed E-state index contributed by atoms with van der Waals surface area (Å²) < 4.78 is 5.46. The highest BCUT2D eigenvalue weighted by atomic mass is 16.6. The molecule has 1 rings (SSSR count). The van der Waals surface area contributed by atoms with Crippen LogP contribution in [0.15, 0.2) is 6.20 Å². The zero-order valence-electron chi connectivity index (χ0n) is 9.69. The molecule has 0 bridgehead atoms. The number of esters is 1. The Hall–Kier alpha value is -2.45. The van der Waals surface area contributed by atoms with E-state index in [0.717, 1.165) is 18.0 Å². The maximum atomic E-state index is 11.3. The van der Waals surface area contributed by atoms with E-state index in [1.165, 1.54) is 6.92 Å². The fourth-order valence-corrected chi connectivity index (χ4v) is 1.34. The number of methoxy groups -OCH3 is 1. The van der Waals surface area contributed by atoms with Crippen LogP contribution in [0, 0.1) is 10.1 Å². The molecule has 0 saturated carbocycles. The molecule has 18 heavy (non-hydrogen) atoms. The van der Waals surface area contributed by atoms with Crippen LogP contribution < -0.4 is 0 Å². The lowest BCUT2D eigenvalue weighted by molar-refractivity contribution is -0.390. The van der Waals surface area contributed by atoms with Gasteiger partial charge in [-0.05, 0) is 11.8 Å². The number of carbonyl (C=O) groups excluding carboxylic acids is 1. The van der Waals surface area contributed by atoms with Gasteiger partial charge in [0.2, 0.25) is 0 Å². The number of nitro groups is 1. The predicted octanol–water partition coefficient (Wildman–Crippen LogP) is 0.614. The maximum absolute atomic E-state index is 11.3. The smallest absolute Gasteiger partial charge is 0.404 e. The molecule has 0 amide bonds. The summed E-state index contributed by atoms with van der Waals surface area (Å²) in [6.07, 6.45) is 0.844. The van der Waals surface area contributed by atoms with Crippen molar-refractivity contribution in [3.05, 3.63) is 21.9 Å². The van der Waals surface area contributed by atoms with Crippen LogP contribution in [0.25, 0.3) is 0 Å². The van der Waals surface area contributed by atoms with Crippen molar-refractivity contribution in [2.75, 3.05) is 7.11 Å². The normalized spacial score (nSPS) is 11.9. The molecular formula is C9H11N3O6. The third kappa shape index (κ3) is 2.81. The molecule has 0 spiro atoms. The van der Waals surface area contributed by atoms with Gasteiger partial charge in [-0.2, -0.15) is 4.68 Å². The van der Waals surface area contributed by atoms with Gasteiger partial charge in [-0.15, -0.1) is 0 Å². The third-order valence-corrected chi connectivity index (χ3v) is 2.21. The van der Waals surface area contributed by atoms with Crippen LogP contribution in [-0.2, 0) is 9.53 Å². The van der Waals surface area contributed by atoms with Crippen molar-refractivity contribution in [3.63, 3.8) is 0 Å². The largest absolute Gasteiger partial charge is 0.481 e. The molecule has 0 saturated heterocycles. The Morgan fingerprint density at radius 3 is 2.72 bits per heavy atom. The number of ether oxygens (including phenoxy) is 1. The number of nitrogens with zero attached hydrogens (tertiary/aromatic N) is 3. The molecule has 98 valence electrons. The highest BCUT2D eigenvalue weighted by Crippen LogP contribution is 2.20. The van der Waals surface area contributed by atoms with Gasteiger partial charge in [0, 0.05) is 0 Å². The standard InChI is InChI=1S/C9H11N3O6/c1-5(3-7(13)14)11-4-6(9(15)18-2)8(10-11)12(16)17/h4-5H,3H2,1-2H3,(H,13,14)/t5-/m0/s1. The predicted molar refractivity (Wildman–Crippen MR) is 57.2 cm³/mol. The molecule has 0 fully saturated rings. The van der Waals surface area contributed by atoms with Crippen molar-refractivity contribution in [3.8, 4) is 0 Å². The van der Waals surface area contributed by atoms with E-state index < -0.39 is 28.7 Å². The fraction of sp³-hybridized carbons (Fsp3) is 0.444. The van der Waals surface area contributed by atoms with Gasteiger partial charge < -0.3 is 20.0 Å². The number of hydrogen-bond donors (Lipinski definition) is 1. The van der Waals surface area contributed by atoms with Gasteiger partial charge >= 0.3 is 17.8 Å². The summed E-state index contributed by atoms with van der Waals surface area (Å²) in [6.45, 7) is 1.52. The molecule has 1 N–H and O–H groups in total. The molecule has 0 unspecified atom stereocenters. The second-order valence-corrected chi connectivity index (χ2v) is 3.54. The highest BCUT2D eigenvalue weighted by Gasteiger charge is 2.29. The molecule has 9 heteroatoms. The molecule has 0 radical (unpaired) electrons. The minimum absolute atomic E-state index is 0.264. The Morgan fingerprint density at radius 1 is 1.67 bits per heavy atom. The third-order valence-electron chi connectivity index (χ3n) is 2.21. The first-order valence-corrected chi connectivity index (χ1v) is 4.90. The molecule has 0 aromatic carbocycles. The highest BCUT2D eigenvalue weighted by molar-refractivity contribution is 5.92. The van der Waals surface area contributed by atoms with Gasteiger partial charge in [-0.1, -0.05) is 0 Å². The van der Waals surface area contributed by atoms with E-state index in [0.29, 0.717) is 0 Å². The lowest BCUT2D eigenvalue weighted by Gasteiger charge is -2.03. The number of carboxylic acid groups (broad SMARTS) is 1. The lowest BCUT2D eigenvalue weighted by Crippen LogP contribution is -2.11. The summed E-state index contributed by atoms with van der Waals surface area (Å²) in [6, 6.07) is -0.611. The fourth-order valence-electron chi connectivity index (χ4n) is 1.34. The van der Waals surface area contributed by atoms with Crippen LogP contribution in [0.1, 0.15) is 29.7 Å². The topological polar surface area (TPSA) is 125 Å². The van der Waals surface area contributed by atoms with Crippen LogP contribution in [0.5, 0.6) is 0 Å². The maximum Gasteiger partial charge on any atom is 0.404 e. The van der Waals surface area contributed by atoms with Crippen molar-refractivity contribution < 1.29 is 24.4 Å². The first-order valence-electron chi connectivity index (χ1n) is 4.90.